The van der Waals surface area contributed by atoms with Gasteiger partial charge in [0, 0.05) is 13.1 Å². The van der Waals surface area contributed by atoms with Crippen LogP contribution < -0.4 is 0 Å². The van der Waals surface area contributed by atoms with Gasteiger partial charge in [-0.05, 0) is 25.7 Å². The van der Waals surface area contributed by atoms with Crippen molar-refractivity contribution >= 4 is 12.1 Å². The molecule has 5 nitrogen and oxygen atoms in total. The van der Waals surface area contributed by atoms with Crippen LogP contribution in [-0.2, 0) is 9.53 Å². The lowest BCUT2D eigenvalue weighted by molar-refractivity contribution is -0.159. The lowest BCUT2D eigenvalue weighted by Crippen LogP contribution is -2.49. The molecule has 0 aliphatic carbocycles. The van der Waals surface area contributed by atoms with Crippen molar-refractivity contribution in [3.8, 4) is 0 Å². The number of hydrogen-bond donors (Lipinski definition) is 1. The number of unbranched alkanes of at least 4 members (excludes halogenated alkanes) is 1. The lowest BCUT2D eigenvalue weighted by atomic mass is 9.77. The van der Waals surface area contributed by atoms with Crippen LogP contribution in [0, 0.1) is 5.41 Å². The standard InChI is InChI=1S/C13H23NO4/c1-3-5-9-18-11(15)13(4-2)7-6-8-14(10-13)12(16)17/h3-10H2,1-2H3,(H,16,17). The van der Waals surface area contributed by atoms with E-state index in [2.05, 4.69) is 0 Å². The predicted octanol–water partition coefficient (Wildman–Crippen LogP) is 2.50. The van der Waals surface area contributed by atoms with Crippen molar-refractivity contribution in [2.45, 2.75) is 46.0 Å². The van der Waals surface area contributed by atoms with Gasteiger partial charge in [0.2, 0.25) is 0 Å². The minimum atomic E-state index is -0.950. The first-order valence-corrected chi connectivity index (χ1v) is 6.71. The third-order valence-electron chi connectivity index (χ3n) is 3.69. The van der Waals surface area contributed by atoms with Gasteiger partial charge < -0.3 is 14.7 Å². The zero-order chi connectivity index (χ0) is 13.6. The summed E-state index contributed by atoms with van der Waals surface area (Å²) >= 11 is 0. The highest BCUT2D eigenvalue weighted by Gasteiger charge is 2.43. The van der Waals surface area contributed by atoms with Gasteiger partial charge >= 0.3 is 12.1 Å². The Morgan fingerprint density at radius 2 is 2.11 bits per heavy atom. The first kappa shape index (κ1) is 14.8. The van der Waals surface area contributed by atoms with Crippen LogP contribution in [0.15, 0.2) is 0 Å². The van der Waals surface area contributed by atoms with Gasteiger partial charge in [-0.15, -0.1) is 0 Å². The van der Waals surface area contributed by atoms with Crippen molar-refractivity contribution in [1.29, 1.82) is 0 Å². The lowest BCUT2D eigenvalue weighted by Gasteiger charge is -2.39. The number of carboxylic acid groups (broad SMARTS) is 1. The summed E-state index contributed by atoms with van der Waals surface area (Å²) in [6.45, 7) is 5.18. The maximum atomic E-state index is 12.2. The zero-order valence-electron chi connectivity index (χ0n) is 11.3. The number of amides is 1. The highest BCUT2D eigenvalue weighted by atomic mass is 16.5. The van der Waals surface area contributed by atoms with Crippen LogP contribution in [0.4, 0.5) is 4.79 Å². The Kier molecular flexibility index (Phi) is 5.44. The maximum absolute atomic E-state index is 12.2. The van der Waals surface area contributed by atoms with Gasteiger partial charge in [0.15, 0.2) is 0 Å². The molecule has 1 N–H and O–H groups in total. The highest BCUT2D eigenvalue weighted by molar-refractivity contribution is 5.78. The number of carbonyl (C=O) groups excluding carboxylic acids is 1. The number of esters is 1. The number of likely N-dealkylation sites (tertiary alicyclic amines) is 1. The number of carbonyl (C=O) groups is 2. The molecule has 1 atom stereocenters. The van der Waals surface area contributed by atoms with Crippen LogP contribution in [0.1, 0.15) is 46.0 Å². The van der Waals surface area contributed by atoms with Gasteiger partial charge in [0.1, 0.15) is 0 Å². The summed E-state index contributed by atoms with van der Waals surface area (Å²) in [5.41, 5.74) is -0.635. The van der Waals surface area contributed by atoms with Crippen LogP contribution in [0.25, 0.3) is 0 Å². The van der Waals surface area contributed by atoms with Crippen LogP contribution in [0.2, 0.25) is 0 Å². The molecular formula is C13H23NO4. The molecule has 1 aliphatic heterocycles. The average molecular weight is 257 g/mol. The predicted molar refractivity (Wildman–Crippen MR) is 67.4 cm³/mol. The minimum absolute atomic E-state index is 0.232. The highest BCUT2D eigenvalue weighted by Crippen LogP contribution is 2.34. The van der Waals surface area contributed by atoms with E-state index >= 15 is 0 Å². The largest absolute Gasteiger partial charge is 0.465 e. The van der Waals surface area contributed by atoms with Gasteiger partial charge in [-0.3, -0.25) is 4.79 Å². The van der Waals surface area contributed by atoms with E-state index in [0.29, 0.717) is 19.6 Å². The second kappa shape index (κ2) is 6.61. The fourth-order valence-electron chi connectivity index (χ4n) is 2.36. The minimum Gasteiger partial charge on any atom is -0.465 e. The van der Waals surface area contributed by atoms with E-state index in [-0.39, 0.29) is 12.5 Å². The molecule has 0 aromatic carbocycles. The molecule has 18 heavy (non-hydrogen) atoms. The molecule has 1 saturated heterocycles. The van der Waals surface area contributed by atoms with Gasteiger partial charge in [-0.1, -0.05) is 20.3 Å². The molecule has 1 unspecified atom stereocenters. The zero-order valence-corrected chi connectivity index (χ0v) is 11.3. The van der Waals surface area contributed by atoms with Gasteiger partial charge in [-0.25, -0.2) is 4.79 Å². The fraction of sp³-hybridized carbons (Fsp3) is 0.846. The first-order chi connectivity index (χ1) is 8.55. The topological polar surface area (TPSA) is 66.8 Å². The van der Waals surface area contributed by atoms with Gasteiger partial charge in [0.25, 0.3) is 0 Å². The van der Waals surface area contributed by atoms with E-state index < -0.39 is 11.5 Å². The normalized spacial score (nSPS) is 23.8. The summed E-state index contributed by atoms with van der Waals surface area (Å²) in [6.07, 6.45) is 2.96. The second-order valence-electron chi connectivity index (χ2n) is 4.93. The molecule has 5 heteroatoms. The van der Waals surface area contributed by atoms with Gasteiger partial charge in [-0.2, -0.15) is 0 Å². The summed E-state index contributed by atoms with van der Waals surface area (Å²) < 4.78 is 5.29. The summed E-state index contributed by atoms with van der Waals surface area (Å²) in [5.74, 6) is -0.232. The molecule has 0 saturated carbocycles. The summed E-state index contributed by atoms with van der Waals surface area (Å²) in [7, 11) is 0. The van der Waals surface area contributed by atoms with E-state index in [9.17, 15) is 9.59 Å². The molecule has 1 amide bonds. The smallest absolute Gasteiger partial charge is 0.407 e. The number of piperidine rings is 1. The molecule has 1 aliphatic rings. The molecule has 0 radical (unpaired) electrons. The van der Waals surface area contributed by atoms with Crippen LogP contribution in [0.5, 0.6) is 0 Å². The van der Waals surface area contributed by atoms with Crippen LogP contribution >= 0.6 is 0 Å². The summed E-state index contributed by atoms with van der Waals surface area (Å²) in [6, 6.07) is 0. The SMILES string of the molecule is CCCCOC(=O)C1(CC)CCCN(C(=O)O)C1. The molecule has 1 fully saturated rings. The Balaban J connectivity index is 2.65. The average Bonchev–Trinajstić information content (AvgIpc) is 2.38. The maximum Gasteiger partial charge on any atom is 0.407 e. The van der Waals surface area contributed by atoms with E-state index in [1.807, 2.05) is 13.8 Å². The Bertz CT molecular complexity index is 305. The van der Waals surface area contributed by atoms with Crippen molar-refractivity contribution in [2.24, 2.45) is 5.41 Å². The molecule has 104 valence electrons. The quantitative estimate of drug-likeness (QED) is 0.607. The van der Waals surface area contributed by atoms with Crippen molar-refractivity contribution in [1.82, 2.24) is 4.90 Å². The van der Waals surface area contributed by atoms with E-state index in [1.54, 1.807) is 0 Å². The van der Waals surface area contributed by atoms with Gasteiger partial charge in [0.05, 0.1) is 12.0 Å². The molecule has 1 rings (SSSR count). The summed E-state index contributed by atoms with van der Waals surface area (Å²) in [4.78, 5) is 24.5. The van der Waals surface area contributed by atoms with E-state index in [4.69, 9.17) is 9.84 Å². The number of nitrogens with zero attached hydrogens (tertiary/aromatic N) is 1. The molecule has 0 spiro atoms. The third-order valence-corrected chi connectivity index (χ3v) is 3.69. The molecule has 0 aromatic rings. The number of hydrogen-bond acceptors (Lipinski definition) is 3. The Hall–Kier alpha value is -1.26. The molecule has 0 aromatic heterocycles. The Morgan fingerprint density at radius 3 is 2.67 bits per heavy atom. The van der Waals surface area contributed by atoms with Crippen molar-refractivity contribution < 1.29 is 19.4 Å². The monoisotopic (exact) mass is 257 g/mol. The van der Waals surface area contributed by atoms with Crippen LogP contribution in [0.3, 0.4) is 0 Å². The first-order valence-electron chi connectivity index (χ1n) is 6.71. The van der Waals surface area contributed by atoms with E-state index in [1.165, 1.54) is 4.90 Å². The van der Waals surface area contributed by atoms with Crippen molar-refractivity contribution in [3.63, 3.8) is 0 Å². The van der Waals surface area contributed by atoms with Crippen molar-refractivity contribution in [2.75, 3.05) is 19.7 Å². The van der Waals surface area contributed by atoms with E-state index in [0.717, 1.165) is 25.7 Å². The molecular weight excluding hydrogens is 234 g/mol. The molecule has 1 heterocycles. The summed E-state index contributed by atoms with van der Waals surface area (Å²) in [5, 5.41) is 9.04. The second-order valence-corrected chi connectivity index (χ2v) is 4.93. The van der Waals surface area contributed by atoms with Crippen molar-refractivity contribution in [3.05, 3.63) is 0 Å². The molecule has 0 bridgehead atoms. The van der Waals surface area contributed by atoms with Crippen LogP contribution in [-0.4, -0.2) is 41.8 Å². The Morgan fingerprint density at radius 1 is 1.39 bits per heavy atom. The number of ether oxygens (including phenoxy) is 1. The Labute approximate surface area is 108 Å². The fourth-order valence-corrected chi connectivity index (χ4v) is 2.36. The number of rotatable bonds is 5. The third kappa shape index (κ3) is 3.37.